The van der Waals surface area contributed by atoms with E-state index in [9.17, 15) is 0 Å². The van der Waals surface area contributed by atoms with Gasteiger partial charge in [-0.1, -0.05) is 0 Å². The summed E-state index contributed by atoms with van der Waals surface area (Å²) in [6.45, 7) is 8.05. The van der Waals surface area contributed by atoms with Crippen LogP contribution in [-0.4, -0.2) is 49.3 Å². The smallest absolute Gasteiger partial charge is 0.119 e. The summed E-state index contributed by atoms with van der Waals surface area (Å²) in [5, 5.41) is 4.76. The molecule has 0 spiro atoms. The topological polar surface area (TPSA) is 29.4 Å². The highest BCUT2D eigenvalue weighted by Gasteiger charge is 2.14. The molecule has 0 bridgehead atoms. The average Bonchev–Trinajstić information content (AvgIpc) is 2.80. The molecular weight excluding hydrogens is 345 g/mol. The molecule has 0 amide bonds. The maximum absolute atomic E-state index is 5.40. The number of nitrogens with zero attached hydrogens (tertiary/aromatic N) is 2. The summed E-state index contributed by atoms with van der Waals surface area (Å²) in [5.41, 5.74) is 4.16. The van der Waals surface area contributed by atoms with Crippen molar-refractivity contribution in [2.24, 2.45) is 7.05 Å². The van der Waals surface area contributed by atoms with Gasteiger partial charge in [0.05, 0.1) is 7.11 Å². The average molecular weight is 374 g/mol. The maximum atomic E-state index is 5.40. The van der Waals surface area contributed by atoms with Crippen molar-refractivity contribution in [2.45, 2.75) is 19.8 Å². The molecule has 1 aromatic heterocycles. The minimum atomic E-state index is 0. The summed E-state index contributed by atoms with van der Waals surface area (Å²) in [6, 6.07) is 6.40. The van der Waals surface area contributed by atoms with Crippen LogP contribution in [0.25, 0.3) is 10.9 Å². The van der Waals surface area contributed by atoms with Gasteiger partial charge in [-0.2, -0.15) is 0 Å². The molecule has 0 radical (unpaired) electrons. The number of aryl methyl sites for hydroxylation is 2. The van der Waals surface area contributed by atoms with Crippen LogP contribution in [0.5, 0.6) is 5.75 Å². The number of hydrogen-bond donors (Lipinski definition) is 1. The first-order valence-corrected chi connectivity index (χ1v) is 8.25. The van der Waals surface area contributed by atoms with E-state index in [1.165, 1.54) is 48.2 Å². The Morgan fingerprint density at radius 3 is 2.54 bits per heavy atom. The second-order valence-corrected chi connectivity index (χ2v) is 6.20. The second kappa shape index (κ2) is 9.52. The molecule has 1 aromatic carbocycles. The highest BCUT2D eigenvalue weighted by molar-refractivity contribution is 5.87. The van der Waals surface area contributed by atoms with Crippen molar-refractivity contribution in [3.05, 3.63) is 29.5 Å². The second-order valence-electron chi connectivity index (χ2n) is 6.20. The lowest BCUT2D eigenvalue weighted by molar-refractivity contribution is 0.238. The van der Waals surface area contributed by atoms with Crippen LogP contribution < -0.4 is 10.1 Å². The number of nitrogens with one attached hydrogen (secondary N) is 1. The Labute approximate surface area is 157 Å². The molecule has 0 unspecified atom stereocenters. The van der Waals surface area contributed by atoms with Gasteiger partial charge in [0.25, 0.3) is 0 Å². The summed E-state index contributed by atoms with van der Waals surface area (Å²) in [5.74, 6) is 0.946. The maximum Gasteiger partial charge on any atom is 0.119 e. The van der Waals surface area contributed by atoms with Crippen molar-refractivity contribution in [3.63, 3.8) is 0 Å². The van der Waals surface area contributed by atoms with Gasteiger partial charge >= 0.3 is 0 Å². The molecule has 24 heavy (non-hydrogen) atoms. The minimum Gasteiger partial charge on any atom is -0.497 e. The highest BCUT2D eigenvalue weighted by atomic mass is 35.5. The summed E-state index contributed by atoms with van der Waals surface area (Å²) in [6.07, 6.45) is 2.36. The first-order chi connectivity index (χ1) is 10.7. The van der Waals surface area contributed by atoms with Crippen molar-refractivity contribution in [1.82, 2.24) is 14.8 Å². The van der Waals surface area contributed by atoms with Crippen molar-refractivity contribution in [2.75, 3.05) is 39.8 Å². The van der Waals surface area contributed by atoms with Crippen LogP contribution in [-0.2, 0) is 13.5 Å². The summed E-state index contributed by atoms with van der Waals surface area (Å²) >= 11 is 0. The fourth-order valence-corrected chi connectivity index (χ4v) is 3.48. The molecule has 0 atom stereocenters. The molecule has 1 saturated heterocycles. The van der Waals surface area contributed by atoms with E-state index in [0.717, 1.165) is 25.3 Å². The van der Waals surface area contributed by atoms with E-state index in [0.29, 0.717) is 0 Å². The summed E-state index contributed by atoms with van der Waals surface area (Å²) in [7, 11) is 3.89. The van der Waals surface area contributed by atoms with E-state index in [2.05, 4.69) is 40.9 Å². The van der Waals surface area contributed by atoms with E-state index in [1.54, 1.807) is 7.11 Å². The van der Waals surface area contributed by atoms with Crippen molar-refractivity contribution in [1.29, 1.82) is 0 Å². The SMILES string of the molecule is COc1ccc2c(c1)c(CCCN1CCNCC1)c(C)n2C.Cl.Cl. The van der Waals surface area contributed by atoms with E-state index in [-0.39, 0.29) is 24.8 Å². The molecule has 1 aliphatic heterocycles. The fraction of sp³-hybridized carbons (Fsp3) is 0.556. The minimum absolute atomic E-state index is 0. The zero-order valence-electron chi connectivity index (χ0n) is 14.8. The quantitative estimate of drug-likeness (QED) is 0.872. The van der Waals surface area contributed by atoms with Gasteiger partial charge < -0.3 is 19.5 Å². The molecule has 1 aliphatic rings. The molecule has 4 nitrogen and oxygen atoms in total. The third-order valence-electron chi connectivity index (χ3n) is 4.94. The number of benzene rings is 1. The van der Waals surface area contributed by atoms with Crippen LogP contribution >= 0.6 is 24.8 Å². The first kappa shape index (κ1) is 21.1. The van der Waals surface area contributed by atoms with Crippen LogP contribution in [0.1, 0.15) is 17.7 Å². The van der Waals surface area contributed by atoms with Crippen molar-refractivity contribution >= 4 is 35.7 Å². The molecule has 3 rings (SSSR count). The number of methoxy groups -OCH3 is 1. The van der Waals surface area contributed by atoms with Gasteiger partial charge in [0, 0.05) is 49.8 Å². The van der Waals surface area contributed by atoms with Crippen molar-refractivity contribution < 1.29 is 4.74 Å². The fourth-order valence-electron chi connectivity index (χ4n) is 3.48. The standard InChI is InChI=1S/C18H27N3O.2ClH/c1-14-16(5-4-10-21-11-8-19-9-12-21)17-13-15(22-3)6-7-18(17)20(14)2;;/h6-7,13,19H,4-5,8-12H2,1-3H3;2*1H. The normalized spacial score (nSPS) is 15.0. The Bertz CT molecular complexity index is 651. The van der Waals surface area contributed by atoms with E-state index in [4.69, 9.17) is 4.74 Å². The predicted molar refractivity (Wildman–Crippen MR) is 106 cm³/mol. The number of piperazine rings is 1. The lowest BCUT2D eigenvalue weighted by Gasteiger charge is -2.27. The summed E-state index contributed by atoms with van der Waals surface area (Å²) in [4.78, 5) is 2.57. The number of ether oxygens (including phenoxy) is 1. The number of halogens is 2. The predicted octanol–water partition coefficient (Wildman–Crippen LogP) is 3.18. The zero-order chi connectivity index (χ0) is 15.5. The Kier molecular flexibility index (Phi) is 8.37. The third kappa shape index (κ3) is 4.37. The van der Waals surface area contributed by atoms with Gasteiger partial charge in [-0.25, -0.2) is 0 Å². The lowest BCUT2D eigenvalue weighted by atomic mass is 10.1. The summed E-state index contributed by atoms with van der Waals surface area (Å²) < 4.78 is 7.70. The van der Waals surface area contributed by atoms with Crippen molar-refractivity contribution in [3.8, 4) is 5.75 Å². The van der Waals surface area contributed by atoms with E-state index >= 15 is 0 Å². The lowest BCUT2D eigenvalue weighted by Crippen LogP contribution is -2.43. The van der Waals surface area contributed by atoms with Gasteiger partial charge in [-0.05, 0) is 50.1 Å². The Morgan fingerprint density at radius 2 is 1.88 bits per heavy atom. The van der Waals surface area contributed by atoms with Crippen LogP contribution in [0.3, 0.4) is 0 Å². The zero-order valence-corrected chi connectivity index (χ0v) is 16.4. The molecule has 1 fully saturated rings. The van der Waals surface area contributed by atoms with Gasteiger partial charge in [-0.15, -0.1) is 24.8 Å². The number of rotatable bonds is 5. The molecule has 0 saturated carbocycles. The Balaban J connectivity index is 0.00000144. The van der Waals surface area contributed by atoms with Gasteiger partial charge in [0.2, 0.25) is 0 Å². The highest BCUT2D eigenvalue weighted by Crippen LogP contribution is 2.29. The van der Waals surface area contributed by atoms with Crippen LogP contribution in [0.15, 0.2) is 18.2 Å². The molecular formula is C18H29Cl2N3O. The number of hydrogen-bond acceptors (Lipinski definition) is 3. The molecule has 0 aliphatic carbocycles. The van der Waals surface area contributed by atoms with E-state index < -0.39 is 0 Å². The van der Waals surface area contributed by atoms with Gasteiger partial charge in [0.15, 0.2) is 0 Å². The Morgan fingerprint density at radius 1 is 1.17 bits per heavy atom. The first-order valence-electron chi connectivity index (χ1n) is 8.25. The molecule has 6 heteroatoms. The van der Waals surface area contributed by atoms with Crippen LogP contribution in [0.4, 0.5) is 0 Å². The van der Waals surface area contributed by atoms with E-state index in [1.807, 2.05) is 6.07 Å². The largest absolute Gasteiger partial charge is 0.497 e. The molecule has 2 heterocycles. The van der Waals surface area contributed by atoms with Gasteiger partial charge in [-0.3, -0.25) is 0 Å². The number of aromatic nitrogens is 1. The van der Waals surface area contributed by atoms with Crippen LogP contribution in [0.2, 0.25) is 0 Å². The molecule has 136 valence electrons. The Hall–Kier alpha value is -0.940. The van der Waals surface area contributed by atoms with Gasteiger partial charge in [0.1, 0.15) is 5.75 Å². The monoisotopic (exact) mass is 373 g/mol. The third-order valence-corrected chi connectivity index (χ3v) is 4.94. The number of fused-ring (bicyclic) bond motifs is 1. The molecule has 1 N–H and O–H groups in total. The molecule has 2 aromatic rings. The van der Waals surface area contributed by atoms with Crippen LogP contribution in [0, 0.1) is 6.92 Å².